The molecule has 1 saturated carbocycles. The molecule has 0 radical (unpaired) electrons. The number of rotatable bonds is 10. The van der Waals surface area contributed by atoms with E-state index in [1.54, 1.807) is 37.3 Å². The van der Waals surface area contributed by atoms with Gasteiger partial charge in [0.2, 0.25) is 11.8 Å². The first-order valence-electron chi connectivity index (χ1n) is 12.8. The number of hydrogen-bond acceptors (Lipinski definition) is 4. The van der Waals surface area contributed by atoms with Crippen molar-refractivity contribution in [1.82, 2.24) is 10.2 Å². The molecule has 7 nitrogen and oxygen atoms in total. The van der Waals surface area contributed by atoms with Gasteiger partial charge in [0, 0.05) is 12.6 Å². The summed E-state index contributed by atoms with van der Waals surface area (Å²) in [4.78, 5) is 28.6. The molecule has 39 heavy (non-hydrogen) atoms. The Bertz CT molecular complexity index is 1400. The van der Waals surface area contributed by atoms with Gasteiger partial charge in [-0.2, -0.15) is 0 Å². The number of carbonyl (C=O) groups is 2. The van der Waals surface area contributed by atoms with Crippen molar-refractivity contribution in [3.8, 4) is 0 Å². The van der Waals surface area contributed by atoms with Crippen molar-refractivity contribution >= 4 is 50.7 Å². The molecule has 2 amide bonds. The maximum Gasteiger partial charge on any atom is 0.264 e. The third kappa shape index (κ3) is 6.93. The number of benzene rings is 3. The maximum absolute atomic E-state index is 14.0. The highest BCUT2D eigenvalue weighted by Crippen LogP contribution is 2.35. The van der Waals surface area contributed by atoms with Crippen LogP contribution in [-0.4, -0.2) is 43.8 Å². The minimum absolute atomic E-state index is 0.00419. The molecular formula is C29H31Cl2N3O4S. The van der Waals surface area contributed by atoms with Crippen LogP contribution >= 0.6 is 23.2 Å². The van der Waals surface area contributed by atoms with Gasteiger partial charge < -0.3 is 10.2 Å². The third-order valence-corrected chi connectivity index (χ3v) is 9.46. The molecular weight excluding hydrogens is 557 g/mol. The normalized spacial score (nSPS) is 14.5. The standard InChI is InChI=1S/C29H31Cl2N3O4S/c1-21(29(36)32-23-13-8-9-14-23)33(19-22-11-4-2-5-12-22)27(35)20-34(26-18-10-17-25(30)28(26)31)39(37,38)24-15-6-3-7-16-24/h2-7,10-12,15-18,21,23H,8-9,13-14,19-20H2,1H3,(H,32,36). The van der Waals surface area contributed by atoms with Crippen LogP contribution in [0.25, 0.3) is 0 Å². The summed E-state index contributed by atoms with van der Waals surface area (Å²) in [6, 6.07) is 20.9. The summed E-state index contributed by atoms with van der Waals surface area (Å²) in [6.45, 7) is 1.21. The lowest BCUT2D eigenvalue weighted by atomic mass is 10.1. The molecule has 1 aliphatic rings. The summed E-state index contributed by atoms with van der Waals surface area (Å²) >= 11 is 12.7. The monoisotopic (exact) mass is 587 g/mol. The minimum Gasteiger partial charge on any atom is -0.352 e. The number of halogens is 2. The van der Waals surface area contributed by atoms with E-state index in [1.807, 2.05) is 30.3 Å². The van der Waals surface area contributed by atoms with E-state index in [-0.39, 0.29) is 39.1 Å². The van der Waals surface area contributed by atoms with Crippen LogP contribution in [-0.2, 0) is 26.2 Å². The van der Waals surface area contributed by atoms with Crippen LogP contribution in [0.15, 0.2) is 83.8 Å². The fourth-order valence-corrected chi connectivity index (χ4v) is 6.57. The van der Waals surface area contributed by atoms with Crippen LogP contribution in [0, 0.1) is 0 Å². The van der Waals surface area contributed by atoms with Gasteiger partial charge in [-0.25, -0.2) is 8.42 Å². The van der Waals surface area contributed by atoms with Crippen molar-refractivity contribution in [3.05, 3.63) is 94.5 Å². The Hall–Kier alpha value is -3.07. The molecule has 0 saturated heterocycles. The summed E-state index contributed by atoms with van der Waals surface area (Å²) in [6.07, 6.45) is 3.92. The molecule has 1 fully saturated rings. The second-order valence-corrected chi connectivity index (χ2v) is 12.2. The first-order chi connectivity index (χ1) is 18.7. The SMILES string of the molecule is CC(C(=O)NC1CCCC1)N(Cc1ccccc1)C(=O)CN(c1cccc(Cl)c1Cl)S(=O)(=O)c1ccccc1. The number of nitrogens with one attached hydrogen (secondary N) is 1. The zero-order chi connectivity index (χ0) is 28.0. The molecule has 1 N–H and O–H groups in total. The van der Waals surface area contributed by atoms with Crippen LogP contribution < -0.4 is 9.62 Å². The van der Waals surface area contributed by atoms with Gasteiger partial charge in [-0.3, -0.25) is 13.9 Å². The Morgan fingerprint density at radius 3 is 2.18 bits per heavy atom. The highest BCUT2D eigenvalue weighted by Gasteiger charge is 2.34. The number of hydrogen-bond donors (Lipinski definition) is 1. The Kier molecular flexibility index (Phi) is 9.53. The lowest BCUT2D eigenvalue weighted by Gasteiger charge is -2.32. The van der Waals surface area contributed by atoms with Crippen LogP contribution in [0.1, 0.15) is 38.2 Å². The summed E-state index contributed by atoms with van der Waals surface area (Å²) in [7, 11) is -4.22. The quantitative estimate of drug-likeness (QED) is 0.331. The van der Waals surface area contributed by atoms with Gasteiger partial charge >= 0.3 is 0 Å². The van der Waals surface area contributed by atoms with Crippen LogP contribution in [0.4, 0.5) is 5.69 Å². The molecule has 206 valence electrons. The van der Waals surface area contributed by atoms with Crippen LogP contribution in [0.2, 0.25) is 10.0 Å². The molecule has 4 rings (SSSR count). The molecule has 1 unspecified atom stereocenters. The second kappa shape index (κ2) is 12.9. The number of anilines is 1. The Labute approximate surface area is 239 Å². The average molecular weight is 589 g/mol. The number of amides is 2. The molecule has 0 heterocycles. The van der Waals surface area contributed by atoms with Crippen molar-refractivity contribution in [2.45, 2.75) is 56.1 Å². The lowest BCUT2D eigenvalue weighted by molar-refractivity contribution is -0.139. The van der Waals surface area contributed by atoms with Crippen molar-refractivity contribution in [3.63, 3.8) is 0 Å². The minimum atomic E-state index is -4.22. The largest absolute Gasteiger partial charge is 0.352 e. The molecule has 0 aliphatic heterocycles. The van der Waals surface area contributed by atoms with Gasteiger partial charge in [-0.1, -0.05) is 90.6 Å². The van der Waals surface area contributed by atoms with E-state index in [9.17, 15) is 18.0 Å². The zero-order valence-electron chi connectivity index (χ0n) is 21.6. The van der Waals surface area contributed by atoms with Gasteiger partial charge in [0.25, 0.3) is 10.0 Å². The summed E-state index contributed by atoms with van der Waals surface area (Å²) in [5.74, 6) is -0.826. The first-order valence-corrected chi connectivity index (χ1v) is 15.0. The van der Waals surface area contributed by atoms with Gasteiger partial charge in [0.1, 0.15) is 12.6 Å². The van der Waals surface area contributed by atoms with E-state index in [1.165, 1.54) is 23.1 Å². The number of nitrogens with zero attached hydrogens (tertiary/aromatic N) is 2. The number of sulfonamides is 1. The second-order valence-electron chi connectivity index (χ2n) is 9.57. The Balaban J connectivity index is 1.70. The third-order valence-electron chi connectivity index (χ3n) is 6.87. The fourth-order valence-electron chi connectivity index (χ4n) is 4.67. The van der Waals surface area contributed by atoms with Crippen molar-refractivity contribution in [2.75, 3.05) is 10.8 Å². The van der Waals surface area contributed by atoms with E-state index in [4.69, 9.17) is 23.2 Å². The maximum atomic E-state index is 14.0. The fraction of sp³-hybridized carbons (Fsp3) is 0.310. The van der Waals surface area contributed by atoms with Gasteiger partial charge in [0.15, 0.2) is 0 Å². The summed E-state index contributed by atoms with van der Waals surface area (Å²) in [5, 5.41) is 3.21. The van der Waals surface area contributed by atoms with E-state index in [2.05, 4.69) is 5.32 Å². The molecule has 10 heteroatoms. The van der Waals surface area contributed by atoms with Crippen molar-refractivity contribution in [2.24, 2.45) is 0 Å². The molecule has 1 atom stereocenters. The predicted octanol–water partition coefficient (Wildman–Crippen LogP) is 5.66. The van der Waals surface area contributed by atoms with Crippen molar-refractivity contribution in [1.29, 1.82) is 0 Å². The van der Waals surface area contributed by atoms with Gasteiger partial charge in [0.05, 0.1) is 20.6 Å². The first kappa shape index (κ1) is 28.9. The Morgan fingerprint density at radius 1 is 0.923 bits per heavy atom. The van der Waals surface area contributed by atoms with E-state index in [0.29, 0.717) is 0 Å². The Morgan fingerprint density at radius 2 is 1.54 bits per heavy atom. The molecule has 3 aromatic rings. The van der Waals surface area contributed by atoms with E-state index < -0.39 is 28.5 Å². The molecule has 0 spiro atoms. The van der Waals surface area contributed by atoms with Crippen LogP contribution in [0.5, 0.6) is 0 Å². The molecule has 0 aromatic heterocycles. The lowest BCUT2D eigenvalue weighted by Crippen LogP contribution is -2.52. The topological polar surface area (TPSA) is 86.8 Å². The average Bonchev–Trinajstić information content (AvgIpc) is 3.45. The van der Waals surface area contributed by atoms with E-state index >= 15 is 0 Å². The molecule has 1 aliphatic carbocycles. The highest BCUT2D eigenvalue weighted by atomic mass is 35.5. The number of carbonyl (C=O) groups excluding carboxylic acids is 2. The van der Waals surface area contributed by atoms with E-state index in [0.717, 1.165) is 35.6 Å². The summed E-state index contributed by atoms with van der Waals surface area (Å²) in [5.41, 5.74) is 0.883. The molecule has 0 bridgehead atoms. The predicted molar refractivity (Wildman–Crippen MR) is 154 cm³/mol. The highest BCUT2D eigenvalue weighted by molar-refractivity contribution is 7.92. The summed E-state index contributed by atoms with van der Waals surface area (Å²) < 4.78 is 28.6. The molecule has 3 aromatic carbocycles. The smallest absolute Gasteiger partial charge is 0.264 e. The zero-order valence-corrected chi connectivity index (χ0v) is 23.9. The van der Waals surface area contributed by atoms with Crippen LogP contribution in [0.3, 0.4) is 0 Å². The van der Waals surface area contributed by atoms with Gasteiger partial charge in [-0.15, -0.1) is 0 Å². The van der Waals surface area contributed by atoms with Gasteiger partial charge in [-0.05, 0) is 49.6 Å². The van der Waals surface area contributed by atoms with Crippen molar-refractivity contribution < 1.29 is 18.0 Å².